The van der Waals surface area contributed by atoms with Crippen molar-refractivity contribution in [3.8, 4) is 0 Å². The minimum Gasteiger partial charge on any atom is -0.375 e. The lowest BCUT2D eigenvalue weighted by Crippen LogP contribution is -2.53. The highest BCUT2D eigenvalue weighted by atomic mass is 19.1. The van der Waals surface area contributed by atoms with Crippen molar-refractivity contribution in [3.05, 3.63) is 29.1 Å². The van der Waals surface area contributed by atoms with Crippen molar-refractivity contribution in [2.75, 3.05) is 25.0 Å². The van der Waals surface area contributed by atoms with Gasteiger partial charge in [-0.05, 0) is 37.1 Å². The van der Waals surface area contributed by atoms with Crippen molar-refractivity contribution >= 4 is 11.6 Å². The van der Waals surface area contributed by atoms with Crippen molar-refractivity contribution in [1.82, 2.24) is 10.6 Å². The van der Waals surface area contributed by atoms with E-state index in [1.165, 1.54) is 0 Å². The molecule has 2 aliphatic heterocycles. The Labute approximate surface area is 123 Å². The van der Waals surface area contributed by atoms with Crippen LogP contribution in [-0.2, 0) is 22.5 Å². The number of benzene rings is 1. The van der Waals surface area contributed by atoms with E-state index >= 15 is 0 Å². The summed E-state index contributed by atoms with van der Waals surface area (Å²) < 4.78 is 19.9. The number of carbonyl (C=O) groups excluding carboxylic acids is 1. The smallest absolute Gasteiger partial charge is 0.244 e. The van der Waals surface area contributed by atoms with Crippen molar-refractivity contribution in [2.24, 2.45) is 0 Å². The SMILES string of the molecule is C[C@H]1OCCN[C@@H]1C(=O)Nc1ccc2c(c1F)CCNC2. The van der Waals surface area contributed by atoms with Crippen LogP contribution in [0, 0.1) is 5.82 Å². The Balaban J connectivity index is 1.77. The van der Waals surface area contributed by atoms with E-state index in [0.717, 1.165) is 12.1 Å². The van der Waals surface area contributed by atoms with Gasteiger partial charge in [-0.1, -0.05) is 6.07 Å². The van der Waals surface area contributed by atoms with E-state index in [4.69, 9.17) is 4.74 Å². The van der Waals surface area contributed by atoms with E-state index in [-0.39, 0.29) is 23.5 Å². The third-order valence-electron chi connectivity index (χ3n) is 4.06. The van der Waals surface area contributed by atoms with E-state index in [1.54, 1.807) is 6.07 Å². The number of amides is 1. The molecule has 1 aromatic carbocycles. The Hall–Kier alpha value is -1.50. The number of anilines is 1. The molecular formula is C15H20FN3O2. The number of morpholine rings is 1. The van der Waals surface area contributed by atoms with Gasteiger partial charge in [-0.2, -0.15) is 0 Å². The molecule has 5 nitrogen and oxygen atoms in total. The maximum Gasteiger partial charge on any atom is 0.244 e. The maximum atomic E-state index is 14.5. The number of rotatable bonds is 2. The first-order valence-corrected chi connectivity index (χ1v) is 7.33. The summed E-state index contributed by atoms with van der Waals surface area (Å²) in [6, 6.07) is 3.05. The summed E-state index contributed by atoms with van der Waals surface area (Å²) in [5.41, 5.74) is 1.91. The van der Waals surface area contributed by atoms with Gasteiger partial charge in [0.25, 0.3) is 0 Å². The number of halogens is 1. The molecule has 6 heteroatoms. The van der Waals surface area contributed by atoms with Gasteiger partial charge < -0.3 is 20.7 Å². The van der Waals surface area contributed by atoms with Crippen molar-refractivity contribution in [2.45, 2.75) is 32.0 Å². The average molecular weight is 293 g/mol. The van der Waals surface area contributed by atoms with Crippen LogP contribution in [-0.4, -0.2) is 37.7 Å². The zero-order valence-electron chi connectivity index (χ0n) is 12.0. The third-order valence-corrected chi connectivity index (χ3v) is 4.06. The predicted molar refractivity (Wildman–Crippen MR) is 77.6 cm³/mol. The molecule has 0 saturated carbocycles. The lowest BCUT2D eigenvalue weighted by molar-refractivity contribution is -0.123. The minimum atomic E-state index is -0.448. The van der Waals surface area contributed by atoms with Crippen molar-refractivity contribution < 1.29 is 13.9 Å². The molecule has 2 aliphatic rings. The number of ether oxygens (including phenoxy) is 1. The first kappa shape index (κ1) is 14.4. The Kier molecular flexibility index (Phi) is 4.19. The van der Waals surface area contributed by atoms with Gasteiger partial charge in [-0.25, -0.2) is 4.39 Å². The summed E-state index contributed by atoms with van der Waals surface area (Å²) in [6.45, 7) is 4.49. The van der Waals surface area contributed by atoms with Gasteiger partial charge in [0.1, 0.15) is 11.9 Å². The van der Waals surface area contributed by atoms with E-state index in [0.29, 0.717) is 31.7 Å². The zero-order valence-corrected chi connectivity index (χ0v) is 12.0. The number of hydrogen-bond donors (Lipinski definition) is 3. The van der Waals surface area contributed by atoms with Crippen LogP contribution < -0.4 is 16.0 Å². The number of fused-ring (bicyclic) bond motifs is 1. The highest BCUT2D eigenvalue weighted by molar-refractivity contribution is 5.95. The molecule has 0 radical (unpaired) electrons. The molecule has 0 bridgehead atoms. The minimum absolute atomic E-state index is 0.219. The van der Waals surface area contributed by atoms with Gasteiger partial charge in [0.15, 0.2) is 0 Å². The molecule has 3 N–H and O–H groups in total. The first-order valence-electron chi connectivity index (χ1n) is 7.33. The second-order valence-corrected chi connectivity index (χ2v) is 5.49. The van der Waals surface area contributed by atoms with Crippen LogP contribution in [0.15, 0.2) is 12.1 Å². The molecular weight excluding hydrogens is 273 g/mol. The van der Waals surface area contributed by atoms with E-state index in [2.05, 4.69) is 16.0 Å². The van der Waals surface area contributed by atoms with Crippen LogP contribution in [0.2, 0.25) is 0 Å². The van der Waals surface area contributed by atoms with E-state index in [1.807, 2.05) is 13.0 Å². The fourth-order valence-corrected chi connectivity index (χ4v) is 2.87. The van der Waals surface area contributed by atoms with Crippen molar-refractivity contribution in [1.29, 1.82) is 0 Å². The van der Waals surface area contributed by atoms with Crippen LogP contribution >= 0.6 is 0 Å². The highest BCUT2D eigenvalue weighted by Gasteiger charge is 2.29. The summed E-state index contributed by atoms with van der Waals surface area (Å²) in [4.78, 5) is 12.3. The molecule has 3 rings (SSSR count). The number of carbonyl (C=O) groups is 1. The van der Waals surface area contributed by atoms with Gasteiger partial charge in [0, 0.05) is 13.1 Å². The summed E-state index contributed by atoms with van der Waals surface area (Å²) in [7, 11) is 0. The summed E-state index contributed by atoms with van der Waals surface area (Å²) >= 11 is 0. The molecule has 1 amide bonds. The van der Waals surface area contributed by atoms with Gasteiger partial charge >= 0.3 is 0 Å². The fourth-order valence-electron chi connectivity index (χ4n) is 2.87. The van der Waals surface area contributed by atoms with Gasteiger partial charge in [0.2, 0.25) is 5.91 Å². The summed E-state index contributed by atoms with van der Waals surface area (Å²) in [5.74, 6) is -0.568. The van der Waals surface area contributed by atoms with Crippen LogP contribution in [0.1, 0.15) is 18.1 Å². The maximum absolute atomic E-state index is 14.5. The van der Waals surface area contributed by atoms with Crippen molar-refractivity contribution in [3.63, 3.8) is 0 Å². The zero-order chi connectivity index (χ0) is 14.8. The van der Waals surface area contributed by atoms with Gasteiger partial charge in [-0.3, -0.25) is 4.79 Å². The lowest BCUT2D eigenvalue weighted by atomic mass is 9.99. The van der Waals surface area contributed by atoms with Gasteiger partial charge in [-0.15, -0.1) is 0 Å². The molecule has 0 unspecified atom stereocenters. The topological polar surface area (TPSA) is 62.4 Å². The normalized spacial score (nSPS) is 25.2. The monoisotopic (exact) mass is 293 g/mol. The Morgan fingerprint density at radius 2 is 2.29 bits per heavy atom. The Morgan fingerprint density at radius 3 is 3.10 bits per heavy atom. The standard InChI is InChI=1S/C15H20FN3O2/c1-9-14(18-6-7-21-9)15(20)19-12-3-2-10-8-17-5-4-11(10)13(12)16/h2-3,9,14,17-18H,4-8H2,1H3,(H,19,20)/t9-,14+/m1/s1. The average Bonchev–Trinajstić information content (AvgIpc) is 2.51. The Bertz CT molecular complexity index is 550. The van der Waals surface area contributed by atoms with Gasteiger partial charge in [0.05, 0.1) is 18.4 Å². The third kappa shape index (κ3) is 2.92. The van der Waals surface area contributed by atoms with Crippen LogP contribution in [0.5, 0.6) is 0 Å². The first-order chi connectivity index (χ1) is 10.2. The highest BCUT2D eigenvalue weighted by Crippen LogP contribution is 2.24. The predicted octanol–water partition coefficient (Wildman–Crippen LogP) is 0.787. The summed E-state index contributed by atoms with van der Waals surface area (Å²) in [5, 5.41) is 8.99. The number of nitrogens with one attached hydrogen (secondary N) is 3. The molecule has 0 aromatic heterocycles. The van der Waals surface area contributed by atoms with Crippen LogP contribution in [0.25, 0.3) is 0 Å². The molecule has 114 valence electrons. The number of hydrogen-bond acceptors (Lipinski definition) is 4. The summed E-state index contributed by atoms with van der Waals surface area (Å²) in [6.07, 6.45) is 0.426. The second-order valence-electron chi connectivity index (χ2n) is 5.49. The molecule has 1 fully saturated rings. The second kappa shape index (κ2) is 6.09. The van der Waals surface area contributed by atoms with E-state index in [9.17, 15) is 9.18 Å². The quantitative estimate of drug-likeness (QED) is 0.754. The fraction of sp³-hybridized carbons (Fsp3) is 0.533. The largest absolute Gasteiger partial charge is 0.375 e. The molecule has 1 aromatic rings. The molecule has 1 saturated heterocycles. The van der Waals surface area contributed by atoms with E-state index < -0.39 is 6.04 Å². The molecule has 0 aliphatic carbocycles. The lowest BCUT2D eigenvalue weighted by Gasteiger charge is -2.29. The molecule has 0 spiro atoms. The molecule has 2 atom stereocenters. The van der Waals surface area contributed by atoms with Crippen LogP contribution in [0.3, 0.4) is 0 Å². The molecule has 21 heavy (non-hydrogen) atoms. The molecule has 2 heterocycles. The Morgan fingerprint density at radius 1 is 1.43 bits per heavy atom. The van der Waals surface area contributed by atoms with Crippen LogP contribution in [0.4, 0.5) is 10.1 Å².